The largest absolute Gasteiger partial charge is 0.350 e. The molecule has 0 spiro atoms. The standard InChI is InChI=1S/C13H21N5O2/c1-3-17-13(12(18(19)20)8(2)15-17)16-6-9-4-5-11(14)10(9)7-16/h9-11H,3-7,14H2,1-2H3. The summed E-state index contributed by atoms with van der Waals surface area (Å²) in [5, 5.41) is 15.7. The molecule has 2 aliphatic rings. The van der Waals surface area contributed by atoms with Crippen molar-refractivity contribution in [3.8, 4) is 0 Å². The van der Waals surface area contributed by atoms with Gasteiger partial charge in [0, 0.05) is 25.7 Å². The van der Waals surface area contributed by atoms with Crippen molar-refractivity contribution in [1.82, 2.24) is 9.78 Å². The normalized spacial score (nSPS) is 28.9. The van der Waals surface area contributed by atoms with E-state index in [4.69, 9.17) is 5.73 Å². The average Bonchev–Trinajstić information content (AvgIpc) is 3.03. The first-order valence-corrected chi connectivity index (χ1v) is 7.25. The molecule has 1 aromatic rings. The maximum atomic E-state index is 11.3. The highest BCUT2D eigenvalue weighted by Crippen LogP contribution is 2.42. The molecule has 7 heteroatoms. The van der Waals surface area contributed by atoms with Gasteiger partial charge in [-0.25, -0.2) is 4.68 Å². The van der Waals surface area contributed by atoms with E-state index in [1.54, 1.807) is 11.6 Å². The Morgan fingerprint density at radius 1 is 1.45 bits per heavy atom. The lowest BCUT2D eigenvalue weighted by molar-refractivity contribution is -0.384. The quantitative estimate of drug-likeness (QED) is 0.665. The molecule has 2 fully saturated rings. The van der Waals surface area contributed by atoms with Crippen LogP contribution in [0, 0.1) is 28.9 Å². The molecule has 3 atom stereocenters. The van der Waals surface area contributed by atoms with E-state index >= 15 is 0 Å². The first-order valence-electron chi connectivity index (χ1n) is 7.25. The molecule has 0 bridgehead atoms. The number of rotatable bonds is 3. The van der Waals surface area contributed by atoms with Crippen molar-refractivity contribution in [1.29, 1.82) is 0 Å². The zero-order valence-electron chi connectivity index (χ0n) is 12.0. The predicted molar refractivity (Wildman–Crippen MR) is 75.7 cm³/mol. The Kier molecular flexibility index (Phi) is 3.16. The van der Waals surface area contributed by atoms with Gasteiger partial charge in [0.05, 0.1) is 4.92 Å². The first-order chi connectivity index (χ1) is 9.52. The number of nitrogens with two attached hydrogens (primary N) is 1. The maximum Gasteiger partial charge on any atom is 0.333 e. The van der Waals surface area contributed by atoms with Crippen LogP contribution >= 0.6 is 0 Å². The van der Waals surface area contributed by atoms with E-state index in [9.17, 15) is 10.1 Å². The van der Waals surface area contributed by atoms with E-state index < -0.39 is 0 Å². The minimum Gasteiger partial charge on any atom is -0.350 e. The van der Waals surface area contributed by atoms with Crippen LogP contribution in [0.3, 0.4) is 0 Å². The summed E-state index contributed by atoms with van der Waals surface area (Å²) in [6.07, 6.45) is 2.21. The van der Waals surface area contributed by atoms with Crippen molar-refractivity contribution in [2.75, 3.05) is 18.0 Å². The first kappa shape index (κ1) is 13.4. The molecule has 1 saturated heterocycles. The lowest BCUT2D eigenvalue weighted by Crippen LogP contribution is -2.31. The van der Waals surface area contributed by atoms with Gasteiger partial charge < -0.3 is 10.6 Å². The van der Waals surface area contributed by atoms with Gasteiger partial charge >= 0.3 is 5.69 Å². The molecule has 2 heterocycles. The van der Waals surface area contributed by atoms with Crippen LogP contribution < -0.4 is 10.6 Å². The molecule has 1 aliphatic carbocycles. The summed E-state index contributed by atoms with van der Waals surface area (Å²) >= 11 is 0. The lowest BCUT2D eigenvalue weighted by atomic mass is 9.98. The third-order valence-corrected chi connectivity index (χ3v) is 4.76. The molecule has 1 aromatic heterocycles. The molecule has 3 unspecified atom stereocenters. The second-order valence-electron chi connectivity index (χ2n) is 5.90. The Balaban J connectivity index is 1.96. The highest BCUT2D eigenvalue weighted by atomic mass is 16.6. The van der Waals surface area contributed by atoms with Crippen molar-refractivity contribution in [2.24, 2.45) is 17.6 Å². The Bertz CT molecular complexity index is 541. The molecule has 0 amide bonds. The van der Waals surface area contributed by atoms with Crippen LogP contribution in [-0.4, -0.2) is 33.8 Å². The number of nitrogens with zero attached hydrogens (tertiary/aromatic N) is 4. The van der Waals surface area contributed by atoms with Crippen LogP contribution in [0.25, 0.3) is 0 Å². The number of fused-ring (bicyclic) bond motifs is 1. The molecule has 0 radical (unpaired) electrons. The number of aromatic nitrogens is 2. The van der Waals surface area contributed by atoms with Gasteiger partial charge in [-0.3, -0.25) is 10.1 Å². The monoisotopic (exact) mass is 279 g/mol. The smallest absolute Gasteiger partial charge is 0.333 e. The van der Waals surface area contributed by atoms with Crippen molar-refractivity contribution in [2.45, 2.75) is 39.3 Å². The van der Waals surface area contributed by atoms with Gasteiger partial charge in [0.25, 0.3) is 0 Å². The van der Waals surface area contributed by atoms with E-state index in [0.717, 1.165) is 25.9 Å². The summed E-state index contributed by atoms with van der Waals surface area (Å²) in [7, 11) is 0. The fourth-order valence-corrected chi connectivity index (χ4v) is 3.79. The number of nitro groups is 1. The van der Waals surface area contributed by atoms with Crippen molar-refractivity contribution < 1.29 is 4.92 Å². The highest BCUT2D eigenvalue weighted by molar-refractivity contribution is 5.62. The summed E-state index contributed by atoms with van der Waals surface area (Å²) < 4.78 is 1.75. The van der Waals surface area contributed by atoms with Gasteiger partial charge in [-0.1, -0.05) is 0 Å². The lowest BCUT2D eigenvalue weighted by Gasteiger charge is -2.20. The highest BCUT2D eigenvalue weighted by Gasteiger charge is 2.44. The summed E-state index contributed by atoms with van der Waals surface area (Å²) in [6, 6.07) is 0.239. The van der Waals surface area contributed by atoms with Crippen LogP contribution in [0.1, 0.15) is 25.5 Å². The number of hydrogen-bond donors (Lipinski definition) is 1. The fourth-order valence-electron chi connectivity index (χ4n) is 3.79. The van der Waals surface area contributed by atoms with Crippen LogP contribution in [0.15, 0.2) is 0 Å². The zero-order chi connectivity index (χ0) is 14.4. The summed E-state index contributed by atoms with van der Waals surface area (Å²) in [6.45, 7) is 5.99. The van der Waals surface area contributed by atoms with E-state index in [-0.39, 0.29) is 16.7 Å². The van der Waals surface area contributed by atoms with E-state index in [1.165, 1.54) is 0 Å². The van der Waals surface area contributed by atoms with Crippen LogP contribution in [0.2, 0.25) is 0 Å². The van der Waals surface area contributed by atoms with Crippen LogP contribution in [-0.2, 0) is 6.54 Å². The molecule has 0 aromatic carbocycles. The Morgan fingerprint density at radius 3 is 2.80 bits per heavy atom. The third-order valence-electron chi connectivity index (χ3n) is 4.76. The minimum absolute atomic E-state index is 0.153. The van der Waals surface area contributed by atoms with E-state index in [0.29, 0.717) is 29.9 Å². The molecular formula is C13H21N5O2. The average molecular weight is 279 g/mol. The van der Waals surface area contributed by atoms with Gasteiger partial charge in [0.15, 0.2) is 0 Å². The van der Waals surface area contributed by atoms with Gasteiger partial charge in [-0.05, 0) is 38.5 Å². The Hall–Kier alpha value is -1.63. The molecule has 20 heavy (non-hydrogen) atoms. The Labute approximate surface area is 117 Å². The number of hydrogen-bond acceptors (Lipinski definition) is 5. The SMILES string of the molecule is CCn1nc(C)c([N+](=O)[O-])c1N1CC2CCC(N)C2C1. The van der Waals surface area contributed by atoms with Gasteiger partial charge in [-0.2, -0.15) is 5.10 Å². The van der Waals surface area contributed by atoms with Gasteiger partial charge in [0.2, 0.25) is 5.82 Å². The van der Waals surface area contributed by atoms with E-state index in [2.05, 4.69) is 10.00 Å². The predicted octanol–water partition coefficient (Wildman–Crippen LogP) is 1.29. The van der Waals surface area contributed by atoms with Gasteiger partial charge in [0.1, 0.15) is 5.69 Å². The molecule has 1 aliphatic heterocycles. The van der Waals surface area contributed by atoms with Crippen LogP contribution in [0.4, 0.5) is 11.5 Å². The number of anilines is 1. The van der Waals surface area contributed by atoms with E-state index in [1.807, 2.05) is 6.92 Å². The van der Waals surface area contributed by atoms with Crippen molar-refractivity contribution in [3.05, 3.63) is 15.8 Å². The minimum atomic E-state index is -0.308. The van der Waals surface area contributed by atoms with Gasteiger partial charge in [-0.15, -0.1) is 0 Å². The Morgan fingerprint density at radius 2 is 2.20 bits per heavy atom. The summed E-state index contributed by atoms with van der Waals surface area (Å²) in [4.78, 5) is 13.2. The second-order valence-corrected chi connectivity index (χ2v) is 5.90. The van der Waals surface area contributed by atoms with Crippen molar-refractivity contribution >= 4 is 11.5 Å². The van der Waals surface area contributed by atoms with Crippen molar-refractivity contribution in [3.63, 3.8) is 0 Å². The van der Waals surface area contributed by atoms with Crippen LogP contribution in [0.5, 0.6) is 0 Å². The summed E-state index contributed by atoms with van der Waals surface area (Å²) in [5.41, 5.74) is 6.80. The summed E-state index contributed by atoms with van der Waals surface area (Å²) in [5.74, 6) is 1.71. The molecule has 2 N–H and O–H groups in total. The zero-order valence-corrected chi connectivity index (χ0v) is 12.0. The molecule has 3 rings (SSSR count). The topological polar surface area (TPSA) is 90.2 Å². The molecule has 7 nitrogen and oxygen atoms in total. The molecule has 110 valence electrons. The molecular weight excluding hydrogens is 258 g/mol. The molecule has 1 saturated carbocycles. The third kappa shape index (κ3) is 1.88. The maximum absolute atomic E-state index is 11.3. The number of aryl methyl sites for hydroxylation is 2. The second kappa shape index (κ2) is 4.73. The fraction of sp³-hybridized carbons (Fsp3) is 0.769.